The first kappa shape index (κ1) is 24.2. The SMILES string of the molecule is Nc1nnc(-c2ccccc2O)cc1N1CCN(C(=O)CCOCCOCCC2CCC2)CC1. The summed E-state index contributed by atoms with van der Waals surface area (Å²) in [4.78, 5) is 16.5. The van der Waals surface area contributed by atoms with Crippen LogP contribution < -0.4 is 10.6 Å². The summed E-state index contributed by atoms with van der Waals surface area (Å²) in [6.45, 7) is 4.85. The number of phenols is 1. The molecule has 2 aromatic rings. The Morgan fingerprint density at radius 2 is 1.76 bits per heavy atom. The van der Waals surface area contributed by atoms with Gasteiger partial charge in [-0.1, -0.05) is 31.4 Å². The minimum absolute atomic E-state index is 0.0984. The van der Waals surface area contributed by atoms with Crippen LogP contribution >= 0.6 is 0 Å². The maximum absolute atomic E-state index is 12.6. The Morgan fingerprint density at radius 3 is 2.47 bits per heavy atom. The van der Waals surface area contributed by atoms with E-state index in [9.17, 15) is 9.90 Å². The second-order valence-corrected chi connectivity index (χ2v) is 8.95. The lowest BCUT2D eigenvalue weighted by atomic mass is 9.83. The van der Waals surface area contributed by atoms with Crippen molar-refractivity contribution in [1.29, 1.82) is 0 Å². The highest BCUT2D eigenvalue weighted by Crippen LogP contribution is 2.31. The zero-order valence-corrected chi connectivity index (χ0v) is 19.7. The number of hydrogen-bond acceptors (Lipinski definition) is 8. The van der Waals surface area contributed by atoms with Gasteiger partial charge in [-0.05, 0) is 30.5 Å². The molecule has 4 rings (SSSR count). The molecule has 0 spiro atoms. The Kier molecular flexibility index (Phi) is 8.54. The smallest absolute Gasteiger partial charge is 0.225 e. The number of hydrogen-bond donors (Lipinski definition) is 2. The number of piperazine rings is 1. The lowest BCUT2D eigenvalue weighted by molar-refractivity contribution is -0.132. The average molecular weight is 470 g/mol. The maximum atomic E-state index is 12.6. The molecule has 1 aromatic heterocycles. The molecule has 1 aliphatic carbocycles. The number of carbonyl (C=O) groups excluding carboxylic acids is 1. The van der Waals surface area contributed by atoms with E-state index in [0.29, 0.717) is 69.5 Å². The summed E-state index contributed by atoms with van der Waals surface area (Å²) < 4.78 is 11.2. The van der Waals surface area contributed by atoms with Gasteiger partial charge in [-0.25, -0.2) is 0 Å². The van der Waals surface area contributed by atoms with Gasteiger partial charge in [0.1, 0.15) is 5.75 Å². The molecule has 0 unspecified atom stereocenters. The lowest BCUT2D eigenvalue weighted by Gasteiger charge is -2.36. The molecule has 2 heterocycles. The fourth-order valence-electron chi connectivity index (χ4n) is 4.33. The van der Waals surface area contributed by atoms with Crippen LogP contribution in [0, 0.1) is 5.92 Å². The molecule has 3 N–H and O–H groups in total. The van der Waals surface area contributed by atoms with Gasteiger partial charge in [0.05, 0.1) is 37.6 Å². The molecule has 9 nitrogen and oxygen atoms in total. The lowest BCUT2D eigenvalue weighted by Crippen LogP contribution is -2.49. The number of amides is 1. The monoisotopic (exact) mass is 469 g/mol. The zero-order valence-electron chi connectivity index (χ0n) is 19.7. The molecule has 184 valence electrons. The molecule has 1 saturated carbocycles. The van der Waals surface area contributed by atoms with Gasteiger partial charge in [0.25, 0.3) is 0 Å². The Morgan fingerprint density at radius 1 is 1.03 bits per heavy atom. The summed E-state index contributed by atoms with van der Waals surface area (Å²) in [5.74, 6) is 1.44. The van der Waals surface area contributed by atoms with Crippen LogP contribution in [0.1, 0.15) is 32.1 Å². The second kappa shape index (κ2) is 12.0. The largest absolute Gasteiger partial charge is 0.507 e. The Balaban J connectivity index is 1.17. The van der Waals surface area contributed by atoms with Gasteiger partial charge in [0.15, 0.2) is 5.82 Å². The van der Waals surface area contributed by atoms with Crippen molar-refractivity contribution < 1.29 is 19.4 Å². The number of rotatable bonds is 11. The molecule has 9 heteroatoms. The molecule has 1 saturated heterocycles. The average Bonchev–Trinajstić information content (AvgIpc) is 2.82. The fraction of sp³-hybridized carbons (Fsp3) is 0.560. The maximum Gasteiger partial charge on any atom is 0.225 e. The topological polar surface area (TPSA) is 114 Å². The van der Waals surface area contributed by atoms with Crippen molar-refractivity contribution >= 4 is 17.4 Å². The molecule has 1 aliphatic heterocycles. The fourth-order valence-corrected chi connectivity index (χ4v) is 4.33. The third-order valence-electron chi connectivity index (χ3n) is 6.68. The summed E-state index contributed by atoms with van der Waals surface area (Å²) in [7, 11) is 0. The minimum Gasteiger partial charge on any atom is -0.507 e. The molecule has 2 aliphatic rings. The van der Waals surface area contributed by atoms with Crippen LogP contribution in [-0.4, -0.2) is 78.7 Å². The molecule has 1 aromatic carbocycles. The summed E-state index contributed by atoms with van der Waals surface area (Å²) in [5.41, 5.74) is 8.03. The van der Waals surface area contributed by atoms with Crippen LogP contribution in [0.5, 0.6) is 5.75 Å². The number of nitrogens with zero attached hydrogens (tertiary/aromatic N) is 4. The van der Waals surface area contributed by atoms with E-state index in [1.54, 1.807) is 18.2 Å². The van der Waals surface area contributed by atoms with Crippen LogP contribution in [0.4, 0.5) is 11.5 Å². The molecule has 0 radical (unpaired) electrons. The Labute approximate surface area is 200 Å². The number of ether oxygens (including phenoxy) is 2. The number of carbonyl (C=O) groups is 1. The number of para-hydroxylation sites is 1. The van der Waals surface area contributed by atoms with Gasteiger partial charge < -0.3 is 30.1 Å². The molecular formula is C25H35N5O4. The van der Waals surface area contributed by atoms with Gasteiger partial charge in [0.2, 0.25) is 5.91 Å². The van der Waals surface area contributed by atoms with E-state index < -0.39 is 0 Å². The molecular weight excluding hydrogens is 434 g/mol. The quantitative estimate of drug-likeness (QED) is 0.483. The van der Waals surface area contributed by atoms with Crippen molar-refractivity contribution in [2.75, 3.05) is 63.2 Å². The third kappa shape index (κ3) is 6.36. The summed E-state index contributed by atoms with van der Waals surface area (Å²) >= 11 is 0. The molecule has 1 amide bonds. The molecule has 0 bridgehead atoms. The number of aromatic hydroxyl groups is 1. The normalized spacial score (nSPS) is 16.5. The highest BCUT2D eigenvalue weighted by Gasteiger charge is 2.23. The van der Waals surface area contributed by atoms with Gasteiger partial charge >= 0.3 is 0 Å². The number of anilines is 2. The Hall–Kier alpha value is -2.91. The van der Waals surface area contributed by atoms with E-state index in [1.807, 2.05) is 17.0 Å². The van der Waals surface area contributed by atoms with E-state index in [-0.39, 0.29) is 11.7 Å². The molecule has 2 fully saturated rings. The van der Waals surface area contributed by atoms with Crippen LogP contribution in [0.2, 0.25) is 0 Å². The van der Waals surface area contributed by atoms with E-state index in [0.717, 1.165) is 24.6 Å². The second-order valence-electron chi connectivity index (χ2n) is 8.95. The first-order valence-electron chi connectivity index (χ1n) is 12.2. The van der Waals surface area contributed by atoms with Crippen LogP contribution in [0.25, 0.3) is 11.3 Å². The van der Waals surface area contributed by atoms with E-state index in [4.69, 9.17) is 15.2 Å². The highest BCUT2D eigenvalue weighted by atomic mass is 16.5. The van der Waals surface area contributed by atoms with Crippen molar-refractivity contribution in [3.05, 3.63) is 30.3 Å². The number of phenolic OH excluding ortho intramolecular Hbond substituents is 1. The van der Waals surface area contributed by atoms with Crippen molar-refractivity contribution in [3.8, 4) is 17.0 Å². The standard InChI is InChI=1S/C25H35N5O4/c26-25-22(18-21(27-28-25)20-6-1-2-7-23(20)31)29-10-12-30(13-11-29)24(32)9-15-34-17-16-33-14-8-19-4-3-5-19/h1-2,6-7,18-19,31H,3-5,8-17H2,(H2,26,28). The number of nitrogens with two attached hydrogens (primary N) is 1. The highest BCUT2D eigenvalue weighted by molar-refractivity contribution is 5.77. The van der Waals surface area contributed by atoms with Gasteiger partial charge in [-0.2, -0.15) is 0 Å². The van der Waals surface area contributed by atoms with Crippen molar-refractivity contribution in [3.63, 3.8) is 0 Å². The summed E-state index contributed by atoms with van der Waals surface area (Å²) in [5, 5.41) is 18.4. The first-order chi connectivity index (χ1) is 16.6. The van der Waals surface area contributed by atoms with Gasteiger partial charge in [-0.3, -0.25) is 4.79 Å². The van der Waals surface area contributed by atoms with Gasteiger partial charge in [0, 0.05) is 38.3 Å². The third-order valence-corrected chi connectivity index (χ3v) is 6.68. The van der Waals surface area contributed by atoms with E-state index >= 15 is 0 Å². The minimum atomic E-state index is 0.0984. The molecule has 0 atom stereocenters. The number of aromatic nitrogens is 2. The van der Waals surface area contributed by atoms with Crippen molar-refractivity contribution in [2.24, 2.45) is 5.92 Å². The van der Waals surface area contributed by atoms with Crippen molar-refractivity contribution in [2.45, 2.75) is 32.1 Å². The Bertz CT molecular complexity index is 945. The van der Waals surface area contributed by atoms with Crippen LogP contribution in [0.15, 0.2) is 30.3 Å². The molecule has 34 heavy (non-hydrogen) atoms. The number of benzene rings is 1. The van der Waals surface area contributed by atoms with E-state index in [1.165, 1.54) is 19.3 Å². The predicted molar refractivity (Wildman–Crippen MR) is 131 cm³/mol. The van der Waals surface area contributed by atoms with Crippen LogP contribution in [0.3, 0.4) is 0 Å². The first-order valence-corrected chi connectivity index (χ1v) is 12.2. The predicted octanol–water partition coefficient (Wildman–Crippen LogP) is 2.69. The van der Waals surface area contributed by atoms with Gasteiger partial charge in [-0.15, -0.1) is 10.2 Å². The van der Waals surface area contributed by atoms with E-state index in [2.05, 4.69) is 15.1 Å². The summed E-state index contributed by atoms with van der Waals surface area (Å²) in [6, 6.07) is 8.85. The van der Waals surface area contributed by atoms with Crippen LogP contribution in [-0.2, 0) is 14.3 Å². The van der Waals surface area contributed by atoms with Crippen molar-refractivity contribution in [1.82, 2.24) is 15.1 Å². The number of nitrogen functional groups attached to an aromatic ring is 1. The zero-order chi connectivity index (χ0) is 23.8. The summed E-state index contributed by atoms with van der Waals surface area (Å²) in [6.07, 6.45) is 5.59.